The van der Waals surface area contributed by atoms with Crippen LogP contribution in [0.25, 0.3) is 0 Å². The van der Waals surface area contributed by atoms with E-state index in [2.05, 4.69) is 42.7 Å². The molecular formula is C17H34N2S. The Balaban J connectivity index is 1.88. The van der Waals surface area contributed by atoms with Crippen molar-refractivity contribution >= 4 is 11.8 Å². The monoisotopic (exact) mass is 298 g/mol. The van der Waals surface area contributed by atoms with Gasteiger partial charge in [-0.1, -0.05) is 27.2 Å². The van der Waals surface area contributed by atoms with E-state index in [-0.39, 0.29) is 0 Å². The summed E-state index contributed by atoms with van der Waals surface area (Å²) in [6, 6.07) is 0.775. The van der Waals surface area contributed by atoms with Crippen molar-refractivity contribution in [3.05, 3.63) is 0 Å². The average Bonchev–Trinajstić information content (AvgIpc) is 2.49. The zero-order valence-corrected chi connectivity index (χ0v) is 14.6. The fraction of sp³-hybridized carbons (Fsp3) is 1.00. The highest BCUT2D eigenvalue weighted by Gasteiger charge is 2.31. The Morgan fingerprint density at radius 3 is 2.70 bits per heavy atom. The van der Waals surface area contributed by atoms with Gasteiger partial charge in [0.1, 0.15) is 0 Å². The molecule has 3 heteroatoms. The van der Waals surface area contributed by atoms with Gasteiger partial charge >= 0.3 is 0 Å². The number of nitrogens with one attached hydrogen (secondary N) is 1. The van der Waals surface area contributed by atoms with Crippen LogP contribution in [-0.2, 0) is 0 Å². The van der Waals surface area contributed by atoms with Crippen LogP contribution in [0.2, 0.25) is 0 Å². The van der Waals surface area contributed by atoms with Gasteiger partial charge in [-0.2, -0.15) is 11.8 Å². The lowest BCUT2D eigenvalue weighted by Crippen LogP contribution is -2.48. The fourth-order valence-corrected chi connectivity index (χ4v) is 5.24. The van der Waals surface area contributed by atoms with Gasteiger partial charge in [-0.05, 0) is 44.1 Å². The minimum absolute atomic E-state index is 0.775. The lowest BCUT2D eigenvalue weighted by Gasteiger charge is -2.41. The molecule has 0 spiro atoms. The molecule has 1 aliphatic heterocycles. The van der Waals surface area contributed by atoms with Gasteiger partial charge in [0.05, 0.1) is 0 Å². The van der Waals surface area contributed by atoms with E-state index in [4.69, 9.17) is 0 Å². The molecule has 4 unspecified atom stereocenters. The molecule has 0 aromatic heterocycles. The summed E-state index contributed by atoms with van der Waals surface area (Å²) in [6.45, 7) is 12.1. The van der Waals surface area contributed by atoms with Crippen LogP contribution >= 0.6 is 11.8 Å². The van der Waals surface area contributed by atoms with Crippen LogP contribution in [0.3, 0.4) is 0 Å². The Morgan fingerprint density at radius 2 is 2.00 bits per heavy atom. The van der Waals surface area contributed by atoms with Crippen LogP contribution in [0.1, 0.15) is 52.9 Å². The normalized spacial score (nSPS) is 36.1. The molecule has 0 radical (unpaired) electrons. The highest BCUT2D eigenvalue weighted by Crippen LogP contribution is 2.33. The first kappa shape index (κ1) is 16.6. The predicted octanol–water partition coefficient (Wildman–Crippen LogP) is 3.62. The molecule has 0 bridgehead atoms. The van der Waals surface area contributed by atoms with Gasteiger partial charge in [0.2, 0.25) is 0 Å². The zero-order valence-electron chi connectivity index (χ0n) is 13.7. The highest BCUT2D eigenvalue weighted by atomic mass is 32.2. The minimum Gasteiger partial charge on any atom is -0.314 e. The van der Waals surface area contributed by atoms with E-state index in [1.165, 1.54) is 57.5 Å². The van der Waals surface area contributed by atoms with Crippen molar-refractivity contribution in [2.45, 2.75) is 64.2 Å². The third-order valence-corrected chi connectivity index (χ3v) is 6.68. The van der Waals surface area contributed by atoms with Crippen molar-refractivity contribution in [1.82, 2.24) is 10.2 Å². The quantitative estimate of drug-likeness (QED) is 0.806. The third-order valence-electron chi connectivity index (χ3n) is 5.31. The molecule has 0 aromatic carbocycles. The predicted molar refractivity (Wildman–Crippen MR) is 91.6 cm³/mol. The second-order valence-corrected chi connectivity index (χ2v) is 8.08. The molecule has 1 saturated heterocycles. The summed E-state index contributed by atoms with van der Waals surface area (Å²) in [7, 11) is 0. The molecule has 1 N–H and O–H groups in total. The second kappa shape index (κ2) is 8.65. The summed E-state index contributed by atoms with van der Waals surface area (Å²) in [5, 5.41) is 4.64. The zero-order chi connectivity index (χ0) is 14.4. The van der Waals surface area contributed by atoms with Crippen molar-refractivity contribution in [2.24, 2.45) is 11.8 Å². The van der Waals surface area contributed by atoms with Crippen LogP contribution < -0.4 is 5.32 Å². The van der Waals surface area contributed by atoms with E-state index in [9.17, 15) is 0 Å². The summed E-state index contributed by atoms with van der Waals surface area (Å²) in [5.41, 5.74) is 0. The highest BCUT2D eigenvalue weighted by molar-refractivity contribution is 8.00. The maximum Gasteiger partial charge on any atom is 0.0172 e. The number of thioether (sulfide) groups is 1. The maximum atomic E-state index is 3.76. The molecule has 2 rings (SSSR count). The van der Waals surface area contributed by atoms with Gasteiger partial charge in [-0.15, -0.1) is 0 Å². The summed E-state index contributed by atoms with van der Waals surface area (Å²) in [6.07, 6.45) is 7.01. The van der Waals surface area contributed by atoms with Gasteiger partial charge in [0, 0.05) is 36.7 Å². The summed E-state index contributed by atoms with van der Waals surface area (Å²) in [5.74, 6) is 3.21. The van der Waals surface area contributed by atoms with Crippen molar-refractivity contribution in [2.75, 3.05) is 31.9 Å². The lowest BCUT2D eigenvalue weighted by atomic mass is 9.76. The number of hydrogen-bond acceptors (Lipinski definition) is 3. The molecule has 1 saturated carbocycles. The topological polar surface area (TPSA) is 15.3 Å². The standard InChI is InChI=1S/C17H34N2S/c1-4-14-7-8-17(18-6-3)15(11-14)12-19-9-10-20-16(5-2)13-19/h14-18H,4-13H2,1-3H3. The first-order valence-corrected chi connectivity index (χ1v) is 9.88. The van der Waals surface area contributed by atoms with E-state index >= 15 is 0 Å². The molecule has 2 nitrogen and oxygen atoms in total. The first-order valence-electron chi connectivity index (χ1n) is 8.84. The molecule has 0 aromatic rings. The van der Waals surface area contributed by atoms with E-state index in [0.29, 0.717) is 0 Å². The second-order valence-electron chi connectivity index (χ2n) is 6.67. The van der Waals surface area contributed by atoms with Gasteiger partial charge in [-0.25, -0.2) is 0 Å². The number of nitrogens with zero attached hydrogens (tertiary/aromatic N) is 1. The maximum absolute atomic E-state index is 3.76. The number of rotatable bonds is 6. The largest absolute Gasteiger partial charge is 0.314 e. The van der Waals surface area contributed by atoms with Crippen LogP contribution in [-0.4, -0.2) is 48.1 Å². The van der Waals surface area contributed by atoms with Crippen molar-refractivity contribution < 1.29 is 0 Å². The van der Waals surface area contributed by atoms with Crippen LogP contribution in [0, 0.1) is 11.8 Å². The van der Waals surface area contributed by atoms with E-state index in [1.807, 2.05) is 0 Å². The van der Waals surface area contributed by atoms with E-state index in [0.717, 1.165) is 29.7 Å². The Hall–Kier alpha value is 0.270. The molecule has 1 heterocycles. The van der Waals surface area contributed by atoms with Crippen LogP contribution in [0.15, 0.2) is 0 Å². The molecule has 20 heavy (non-hydrogen) atoms. The molecular weight excluding hydrogens is 264 g/mol. The van der Waals surface area contributed by atoms with Crippen molar-refractivity contribution in [1.29, 1.82) is 0 Å². The first-order chi connectivity index (χ1) is 9.76. The summed E-state index contributed by atoms with van der Waals surface area (Å²) in [4.78, 5) is 2.76. The van der Waals surface area contributed by atoms with Gasteiger partial charge in [0.15, 0.2) is 0 Å². The molecule has 1 aliphatic carbocycles. The van der Waals surface area contributed by atoms with Gasteiger partial charge < -0.3 is 10.2 Å². The minimum atomic E-state index is 0.775. The van der Waals surface area contributed by atoms with Gasteiger partial charge in [-0.3, -0.25) is 0 Å². The lowest BCUT2D eigenvalue weighted by molar-refractivity contribution is 0.140. The van der Waals surface area contributed by atoms with Crippen LogP contribution in [0.4, 0.5) is 0 Å². The Kier molecular flexibility index (Phi) is 7.20. The third kappa shape index (κ3) is 4.64. The number of hydrogen-bond donors (Lipinski definition) is 1. The van der Waals surface area contributed by atoms with Gasteiger partial charge in [0.25, 0.3) is 0 Å². The summed E-state index contributed by atoms with van der Waals surface area (Å²) < 4.78 is 0. The Bertz CT molecular complexity index is 272. The van der Waals surface area contributed by atoms with Crippen molar-refractivity contribution in [3.63, 3.8) is 0 Å². The molecule has 4 atom stereocenters. The molecule has 2 fully saturated rings. The fourth-order valence-electron chi connectivity index (χ4n) is 3.99. The van der Waals surface area contributed by atoms with E-state index < -0.39 is 0 Å². The Morgan fingerprint density at radius 1 is 1.15 bits per heavy atom. The SMILES string of the molecule is CCNC1CCC(CC)CC1CN1CCSC(CC)C1. The van der Waals surface area contributed by atoms with E-state index in [1.54, 1.807) is 0 Å². The molecule has 118 valence electrons. The van der Waals surface area contributed by atoms with Crippen molar-refractivity contribution in [3.8, 4) is 0 Å². The van der Waals surface area contributed by atoms with Crippen LogP contribution in [0.5, 0.6) is 0 Å². The summed E-state index contributed by atoms with van der Waals surface area (Å²) >= 11 is 2.19. The average molecular weight is 299 g/mol. The smallest absolute Gasteiger partial charge is 0.0172 e. The molecule has 0 amide bonds. The Labute approximate surface area is 130 Å². The molecule has 2 aliphatic rings.